The Morgan fingerprint density at radius 2 is 2.05 bits per heavy atom. The van der Waals surface area contributed by atoms with Crippen molar-refractivity contribution in [3.8, 4) is 5.75 Å². The Hall–Kier alpha value is -1.55. The Kier molecular flexibility index (Phi) is 3.80. The number of phenols is 1. The summed E-state index contributed by atoms with van der Waals surface area (Å²) in [6.45, 7) is 9.12. The number of aromatic hydroxyl groups is 1. The lowest BCUT2D eigenvalue weighted by atomic mass is 9.98. The molecule has 4 heteroatoms. The minimum atomic E-state index is 0.102. The highest BCUT2D eigenvalue weighted by atomic mass is 32.1. The van der Waals surface area contributed by atoms with Crippen LogP contribution < -0.4 is 5.32 Å². The third kappa shape index (κ3) is 3.47. The van der Waals surface area contributed by atoms with Gasteiger partial charge in [0.25, 0.3) is 0 Å². The maximum Gasteiger partial charge on any atom is 0.120 e. The molecule has 0 spiro atoms. The van der Waals surface area contributed by atoms with E-state index in [0.29, 0.717) is 5.75 Å². The lowest BCUT2D eigenvalue weighted by molar-refractivity contribution is 0.471. The topological polar surface area (TPSA) is 45.2 Å². The van der Waals surface area contributed by atoms with Crippen LogP contribution in [0.4, 0.5) is 5.69 Å². The van der Waals surface area contributed by atoms with Crippen molar-refractivity contribution in [2.45, 2.75) is 39.7 Å². The Labute approximate surface area is 118 Å². The number of thiazole rings is 1. The van der Waals surface area contributed by atoms with Crippen molar-refractivity contribution in [3.05, 3.63) is 39.8 Å². The zero-order valence-corrected chi connectivity index (χ0v) is 12.6. The molecule has 0 bridgehead atoms. The summed E-state index contributed by atoms with van der Waals surface area (Å²) in [4.78, 5) is 5.66. The third-order valence-electron chi connectivity index (χ3n) is 2.87. The van der Waals surface area contributed by atoms with Crippen LogP contribution >= 0.6 is 11.3 Å². The zero-order valence-electron chi connectivity index (χ0n) is 11.8. The number of aryl methyl sites for hydroxylation is 1. The summed E-state index contributed by atoms with van der Waals surface area (Å²) >= 11 is 1.73. The summed E-state index contributed by atoms with van der Waals surface area (Å²) in [6.07, 6.45) is 1.92. The number of nitrogens with one attached hydrogen (secondary N) is 1. The third-order valence-corrected chi connectivity index (χ3v) is 4.29. The maximum atomic E-state index is 9.66. The molecular weight excluding hydrogens is 256 g/mol. The average Bonchev–Trinajstić information content (AvgIpc) is 2.79. The average molecular weight is 276 g/mol. The molecule has 0 unspecified atom stereocenters. The molecule has 0 saturated carbocycles. The van der Waals surface area contributed by atoms with Gasteiger partial charge in [-0.3, -0.25) is 0 Å². The molecule has 2 N–H and O–H groups in total. The van der Waals surface area contributed by atoms with E-state index in [0.717, 1.165) is 22.8 Å². The largest absolute Gasteiger partial charge is 0.508 e. The van der Waals surface area contributed by atoms with Crippen molar-refractivity contribution in [1.82, 2.24) is 4.98 Å². The highest BCUT2D eigenvalue weighted by Gasteiger charge is 2.17. The number of phenolic OH excluding ortho intramolecular Hbond substituents is 1. The molecule has 0 aliphatic carbocycles. The van der Waals surface area contributed by atoms with Gasteiger partial charge in [0.2, 0.25) is 0 Å². The molecule has 19 heavy (non-hydrogen) atoms. The first-order chi connectivity index (χ1) is 8.86. The van der Waals surface area contributed by atoms with E-state index >= 15 is 0 Å². The fourth-order valence-electron chi connectivity index (χ4n) is 1.64. The fraction of sp³-hybridized carbons (Fsp3) is 0.400. The van der Waals surface area contributed by atoms with Crippen molar-refractivity contribution in [2.75, 3.05) is 5.32 Å². The minimum absolute atomic E-state index is 0.102. The van der Waals surface area contributed by atoms with Gasteiger partial charge in [0.15, 0.2) is 0 Å². The monoisotopic (exact) mass is 276 g/mol. The minimum Gasteiger partial charge on any atom is -0.508 e. The zero-order chi connectivity index (χ0) is 14.0. The summed E-state index contributed by atoms with van der Waals surface area (Å²) in [5, 5.41) is 14.1. The summed E-state index contributed by atoms with van der Waals surface area (Å²) in [7, 11) is 0. The fourth-order valence-corrected chi connectivity index (χ4v) is 2.55. The molecule has 0 amide bonds. The van der Waals surface area contributed by atoms with Crippen LogP contribution in [-0.4, -0.2) is 10.1 Å². The first kappa shape index (κ1) is 13.9. The van der Waals surface area contributed by atoms with Crippen LogP contribution in [0, 0.1) is 6.92 Å². The van der Waals surface area contributed by atoms with Gasteiger partial charge in [0.05, 0.1) is 11.6 Å². The maximum absolute atomic E-state index is 9.66. The van der Waals surface area contributed by atoms with Crippen molar-refractivity contribution in [1.29, 1.82) is 0 Å². The Morgan fingerprint density at radius 1 is 1.32 bits per heavy atom. The van der Waals surface area contributed by atoms with Crippen molar-refractivity contribution < 1.29 is 5.11 Å². The second-order valence-corrected chi connectivity index (χ2v) is 6.85. The quantitative estimate of drug-likeness (QED) is 0.888. The van der Waals surface area contributed by atoms with Gasteiger partial charge in [0.1, 0.15) is 5.75 Å². The number of nitrogens with zero attached hydrogens (tertiary/aromatic N) is 1. The molecular formula is C15H20N2OS. The molecule has 0 saturated heterocycles. The van der Waals surface area contributed by atoms with E-state index in [1.54, 1.807) is 17.4 Å². The van der Waals surface area contributed by atoms with Crippen molar-refractivity contribution in [3.63, 3.8) is 0 Å². The summed E-state index contributed by atoms with van der Waals surface area (Å²) in [5.41, 5.74) is 1.91. The summed E-state index contributed by atoms with van der Waals surface area (Å²) in [5.74, 6) is 0.324. The van der Waals surface area contributed by atoms with Gasteiger partial charge in [-0.05, 0) is 18.6 Å². The standard InChI is InChI=1S/C15H20N2OS/c1-10-5-6-11(7-13(10)18)16-8-12-9-17-14(19-12)15(2,3)4/h5-7,9,16,18H,8H2,1-4H3. The molecule has 3 nitrogen and oxygen atoms in total. The van der Waals surface area contributed by atoms with Crippen LogP contribution in [0.3, 0.4) is 0 Å². The molecule has 1 aromatic carbocycles. The van der Waals surface area contributed by atoms with Crippen LogP contribution in [0.5, 0.6) is 5.75 Å². The number of benzene rings is 1. The lowest BCUT2D eigenvalue weighted by Gasteiger charge is -2.13. The molecule has 1 aromatic heterocycles. The predicted molar refractivity (Wildman–Crippen MR) is 81.0 cm³/mol. The smallest absolute Gasteiger partial charge is 0.120 e. The van der Waals surface area contributed by atoms with E-state index in [9.17, 15) is 5.11 Å². The van der Waals surface area contributed by atoms with Gasteiger partial charge in [-0.2, -0.15) is 0 Å². The van der Waals surface area contributed by atoms with Crippen molar-refractivity contribution >= 4 is 17.0 Å². The normalized spacial score (nSPS) is 11.6. The van der Waals surface area contributed by atoms with Gasteiger partial charge in [-0.1, -0.05) is 26.8 Å². The molecule has 2 aromatic rings. The highest BCUT2D eigenvalue weighted by Crippen LogP contribution is 2.27. The molecule has 102 valence electrons. The van der Waals surface area contributed by atoms with Crippen LogP contribution in [0.15, 0.2) is 24.4 Å². The molecule has 0 aliphatic rings. The van der Waals surface area contributed by atoms with Gasteiger partial charge < -0.3 is 10.4 Å². The van der Waals surface area contributed by atoms with Crippen LogP contribution in [0.2, 0.25) is 0 Å². The van der Waals surface area contributed by atoms with E-state index in [-0.39, 0.29) is 5.41 Å². The first-order valence-corrected chi connectivity index (χ1v) is 7.16. The highest BCUT2D eigenvalue weighted by molar-refractivity contribution is 7.11. The van der Waals surface area contributed by atoms with E-state index in [4.69, 9.17) is 0 Å². The summed E-state index contributed by atoms with van der Waals surface area (Å²) in [6, 6.07) is 5.63. The number of aromatic nitrogens is 1. The molecule has 0 radical (unpaired) electrons. The first-order valence-electron chi connectivity index (χ1n) is 6.35. The second kappa shape index (κ2) is 5.21. The van der Waals surface area contributed by atoms with E-state index < -0.39 is 0 Å². The van der Waals surface area contributed by atoms with Gasteiger partial charge in [0, 0.05) is 28.2 Å². The summed E-state index contributed by atoms with van der Waals surface area (Å²) < 4.78 is 0. The van der Waals surface area contributed by atoms with Gasteiger partial charge in [-0.15, -0.1) is 11.3 Å². The Balaban J connectivity index is 2.02. The number of hydrogen-bond acceptors (Lipinski definition) is 4. The molecule has 1 heterocycles. The Morgan fingerprint density at radius 3 is 2.63 bits per heavy atom. The van der Waals surface area contributed by atoms with E-state index in [2.05, 4.69) is 31.1 Å². The molecule has 0 aliphatic heterocycles. The van der Waals surface area contributed by atoms with Crippen molar-refractivity contribution in [2.24, 2.45) is 0 Å². The predicted octanol–water partition coefficient (Wildman–Crippen LogP) is 4.07. The van der Waals surface area contributed by atoms with Crippen LogP contribution in [-0.2, 0) is 12.0 Å². The van der Waals surface area contributed by atoms with Crippen LogP contribution in [0.25, 0.3) is 0 Å². The molecule has 0 fully saturated rings. The van der Waals surface area contributed by atoms with Gasteiger partial charge >= 0.3 is 0 Å². The number of rotatable bonds is 3. The van der Waals surface area contributed by atoms with Gasteiger partial charge in [-0.25, -0.2) is 4.98 Å². The molecule has 0 atom stereocenters. The Bertz CT molecular complexity index is 570. The number of anilines is 1. The van der Waals surface area contributed by atoms with E-state index in [1.807, 2.05) is 25.3 Å². The van der Waals surface area contributed by atoms with Crippen LogP contribution in [0.1, 0.15) is 36.2 Å². The molecule has 2 rings (SSSR count). The van der Waals surface area contributed by atoms with E-state index in [1.165, 1.54) is 4.88 Å². The SMILES string of the molecule is Cc1ccc(NCc2cnc(C(C)(C)C)s2)cc1O. The second-order valence-electron chi connectivity index (χ2n) is 5.74. The lowest BCUT2D eigenvalue weighted by Crippen LogP contribution is -2.09. The number of hydrogen-bond donors (Lipinski definition) is 2.